The van der Waals surface area contributed by atoms with Crippen molar-refractivity contribution in [3.8, 4) is 5.75 Å². The number of halogens is 1. The Kier molecular flexibility index (Phi) is 3.13. The fraction of sp³-hybridized carbons (Fsp3) is 0.571. The highest BCUT2D eigenvalue weighted by molar-refractivity contribution is 5.47. The molecule has 2 nitrogen and oxygen atoms in total. The molecule has 2 rings (SSSR count). The smallest absolute Gasteiger partial charge is 0.130 e. The van der Waals surface area contributed by atoms with Gasteiger partial charge in [0.2, 0.25) is 0 Å². The van der Waals surface area contributed by atoms with Crippen LogP contribution in [0.2, 0.25) is 0 Å². The van der Waals surface area contributed by atoms with Crippen LogP contribution in [0, 0.1) is 12.7 Å². The van der Waals surface area contributed by atoms with E-state index in [2.05, 4.69) is 6.92 Å². The van der Waals surface area contributed by atoms with Crippen LogP contribution in [0.25, 0.3) is 0 Å². The zero-order valence-electron chi connectivity index (χ0n) is 10.8. The molecule has 0 radical (unpaired) electrons. The molecule has 0 atom stereocenters. The molecule has 0 heterocycles. The van der Waals surface area contributed by atoms with Gasteiger partial charge in [0.05, 0.1) is 7.11 Å². The van der Waals surface area contributed by atoms with Crippen molar-refractivity contribution in [3.05, 3.63) is 28.6 Å². The Hall–Kier alpha value is -1.09. The van der Waals surface area contributed by atoms with Crippen molar-refractivity contribution in [2.24, 2.45) is 5.73 Å². The normalized spacial score (nSPS) is 17.0. The van der Waals surface area contributed by atoms with E-state index in [1.54, 1.807) is 20.1 Å². The van der Waals surface area contributed by atoms with Gasteiger partial charge in [0.15, 0.2) is 0 Å². The summed E-state index contributed by atoms with van der Waals surface area (Å²) in [6.45, 7) is 3.82. The second-order valence-electron chi connectivity index (χ2n) is 5.05. The molecule has 0 aliphatic heterocycles. The van der Waals surface area contributed by atoms with E-state index in [-0.39, 0.29) is 11.4 Å². The Bertz CT molecular complexity index is 438. The van der Waals surface area contributed by atoms with Crippen LogP contribution in [0.4, 0.5) is 4.39 Å². The van der Waals surface area contributed by atoms with Crippen molar-refractivity contribution < 1.29 is 9.13 Å². The molecular weight excluding hydrogens is 217 g/mol. The van der Waals surface area contributed by atoms with Crippen molar-refractivity contribution in [2.75, 3.05) is 7.11 Å². The maximum absolute atomic E-state index is 13.8. The summed E-state index contributed by atoms with van der Waals surface area (Å²) in [4.78, 5) is 0. The van der Waals surface area contributed by atoms with Crippen LogP contribution in [0.3, 0.4) is 0 Å². The first kappa shape index (κ1) is 12.4. The molecule has 0 bridgehead atoms. The van der Waals surface area contributed by atoms with Crippen molar-refractivity contribution in [2.45, 2.75) is 45.1 Å². The summed E-state index contributed by atoms with van der Waals surface area (Å²) in [7, 11) is 1.60. The average molecular weight is 237 g/mol. The van der Waals surface area contributed by atoms with Gasteiger partial charge in [0.25, 0.3) is 0 Å². The van der Waals surface area contributed by atoms with Crippen LogP contribution in [0.5, 0.6) is 5.75 Å². The summed E-state index contributed by atoms with van der Waals surface area (Å²) in [5.41, 5.74) is 8.72. The molecule has 1 aliphatic carbocycles. The van der Waals surface area contributed by atoms with E-state index in [0.29, 0.717) is 11.3 Å². The molecule has 0 unspecified atom stereocenters. The molecule has 1 aliphatic rings. The molecule has 0 spiro atoms. The van der Waals surface area contributed by atoms with E-state index in [4.69, 9.17) is 10.5 Å². The van der Waals surface area contributed by atoms with E-state index in [1.165, 1.54) is 0 Å². The molecule has 1 fully saturated rings. The summed E-state index contributed by atoms with van der Waals surface area (Å²) < 4.78 is 19.2. The lowest BCUT2D eigenvalue weighted by molar-refractivity contribution is 0.401. The lowest BCUT2D eigenvalue weighted by Crippen LogP contribution is -2.25. The number of nitrogens with two attached hydrogens (primary N) is 1. The third-order valence-corrected chi connectivity index (χ3v) is 3.65. The minimum absolute atomic E-state index is 0.101. The zero-order valence-corrected chi connectivity index (χ0v) is 10.8. The summed E-state index contributed by atoms with van der Waals surface area (Å²) >= 11 is 0. The van der Waals surface area contributed by atoms with E-state index in [0.717, 1.165) is 36.8 Å². The summed E-state index contributed by atoms with van der Waals surface area (Å²) in [6.07, 6.45) is 3.67. The molecule has 0 saturated heterocycles. The molecule has 2 N–H and O–H groups in total. The number of hydrogen-bond acceptors (Lipinski definition) is 2. The van der Waals surface area contributed by atoms with Gasteiger partial charge in [-0.2, -0.15) is 0 Å². The Labute approximate surface area is 102 Å². The zero-order chi connectivity index (χ0) is 12.6. The van der Waals surface area contributed by atoms with Crippen LogP contribution in [0.15, 0.2) is 6.07 Å². The Morgan fingerprint density at radius 3 is 2.59 bits per heavy atom. The summed E-state index contributed by atoms with van der Waals surface area (Å²) in [5, 5.41) is 0. The fourth-order valence-corrected chi connectivity index (χ4v) is 2.37. The maximum Gasteiger partial charge on any atom is 0.130 e. The number of benzene rings is 1. The summed E-state index contributed by atoms with van der Waals surface area (Å²) in [5.74, 6) is 0.491. The van der Waals surface area contributed by atoms with Crippen LogP contribution in [-0.2, 0) is 12.8 Å². The molecule has 1 aromatic rings. The predicted octanol–water partition coefficient (Wildman–Crippen LogP) is 2.74. The highest BCUT2D eigenvalue weighted by atomic mass is 19.1. The van der Waals surface area contributed by atoms with Crippen LogP contribution in [-0.4, -0.2) is 12.6 Å². The molecule has 17 heavy (non-hydrogen) atoms. The Balaban J connectivity index is 2.46. The molecule has 0 amide bonds. The standard InChI is InChI=1S/C14H20FNO/c1-4-11-10(8-14(16)5-6-14)7-12(15)9(2)13(11)17-3/h7H,4-6,8,16H2,1-3H3. The van der Waals surface area contributed by atoms with Crippen molar-refractivity contribution in [1.82, 2.24) is 0 Å². The number of ether oxygens (including phenoxy) is 1. The van der Waals surface area contributed by atoms with Crippen LogP contribution < -0.4 is 10.5 Å². The van der Waals surface area contributed by atoms with Crippen molar-refractivity contribution in [3.63, 3.8) is 0 Å². The van der Waals surface area contributed by atoms with Gasteiger partial charge < -0.3 is 10.5 Å². The average Bonchev–Trinajstić information content (AvgIpc) is 3.00. The van der Waals surface area contributed by atoms with Gasteiger partial charge in [0.1, 0.15) is 11.6 Å². The van der Waals surface area contributed by atoms with Gasteiger partial charge in [-0.25, -0.2) is 4.39 Å². The predicted molar refractivity (Wildman–Crippen MR) is 66.9 cm³/mol. The monoisotopic (exact) mass is 237 g/mol. The molecule has 3 heteroatoms. The van der Waals surface area contributed by atoms with E-state index in [9.17, 15) is 4.39 Å². The Morgan fingerprint density at radius 2 is 2.12 bits per heavy atom. The number of methoxy groups -OCH3 is 1. The third kappa shape index (κ3) is 2.29. The largest absolute Gasteiger partial charge is 0.496 e. The maximum atomic E-state index is 13.8. The lowest BCUT2D eigenvalue weighted by Gasteiger charge is -2.18. The van der Waals surface area contributed by atoms with Gasteiger partial charge in [-0.15, -0.1) is 0 Å². The molecule has 94 valence electrons. The molecule has 1 saturated carbocycles. The first-order valence-corrected chi connectivity index (χ1v) is 6.14. The topological polar surface area (TPSA) is 35.2 Å². The van der Waals surface area contributed by atoms with Crippen LogP contribution >= 0.6 is 0 Å². The number of rotatable bonds is 4. The Morgan fingerprint density at radius 1 is 1.47 bits per heavy atom. The molecular formula is C14H20FNO. The first-order valence-electron chi connectivity index (χ1n) is 6.14. The highest BCUT2D eigenvalue weighted by Crippen LogP contribution is 2.39. The lowest BCUT2D eigenvalue weighted by atomic mass is 9.94. The van der Waals surface area contributed by atoms with Crippen LogP contribution in [0.1, 0.15) is 36.5 Å². The second kappa shape index (κ2) is 4.30. The van der Waals surface area contributed by atoms with E-state index in [1.807, 2.05) is 0 Å². The minimum Gasteiger partial charge on any atom is -0.496 e. The van der Waals surface area contributed by atoms with Crippen molar-refractivity contribution in [1.29, 1.82) is 0 Å². The fourth-order valence-electron chi connectivity index (χ4n) is 2.37. The molecule has 0 aromatic heterocycles. The summed E-state index contributed by atoms with van der Waals surface area (Å²) in [6, 6.07) is 1.63. The van der Waals surface area contributed by atoms with E-state index < -0.39 is 0 Å². The minimum atomic E-state index is -0.196. The van der Waals surface area contributed by atoms with Gasteiger partial charge in [-0.1, -0.05) is 6.92 Å². The van der Waals surface area contributed by atoms with Gasteiger partial charge in [-0.3, -0.25) is 0 Å². The van der Waals surface area contributed by atoms with Crippen molar-refractivity contribution >= 4 is 0 Å². The second-order valence-corrected chi connectivity index (χ2v) is 5.05. The molecule has 1 aromatic carbocycles. The van der Waals surface area contributed by atoms with Gasteiger partial charge in [-0.05, 0) is 49.8 Å². The third-order valence-electron chi connectivity index (χ3n) is 3.65. The first-order chi connectivity index (χ1) is 8.00. The number of hydrogen-bond donors (Lipinski definition) is 1. The quantitative estimate of drug-likeness (QED) is 0.874. The van der Waals surface area contributed by atoms with Gasteiger partial charge >= 0.3 is 0 Å². The van der Waals surface area contributed by atoms with E-state index >= 15 is 0 Å². The SMILES string of the molecule is CCc1c(CC2(N)CC2)cc(F)c(C)c1OC. The van der Waals surface area contributed by atoms with Gasteiger partial charge in [0, 0.05) is 11.1 Å². The highest BCUT2D eigenvalue weighted by Gasteiger charge is 2.38.